The molecule has 0 bridgehead atoms. The first-order chi connectivity index (χ1) is 13.9. The van der Waals surface area contributed by atoms with Crippen LogP contribution in [0.25, 0.3) is 5.57 Å². The van der Waals surface area contributed by atoms with Crippen molar-refractivity contribution in [3.05, 3.63) is 101 Å². The van der Waals surface area contributed by atoms with E-state index in [1.165, 1.54) is 31.3 Å². The smallest absolute Gasteiger partial charge is 0.270 e. The summed E-state index contributed by atoms with van der Waals surface area (Å²) in [6, 6.07) is 21.1. The lowest BCUT2D eigenvalue weighted by atomic mass is 9.95. The van der Waals surface area contributed by atoms with Gasteiger partial charge >= 0.3 is 0 Å². The Balaban J connectivity index is 1.95. The van der Waals surface area contributed by atoms with E-state index in [9.17, 15) is 17.6 Å². The Morgan fingerprint density at radius 3 is 2.21 bits per heavy atom. The number of nitrogens with one attached hydrogen (secondary N) is 1. The average molecular weight is 408 g/mol. The standard InChI is InChI=1S/C22H17FN2O3S/c1-25-19-10-6-5-9-18(19)20(15-7-3-2-4-8-15)21(29(25,27)28)22(26)24-17-13-11-16(23)12-14-17/h2-14H,1H3,(H,24,26). The maximum atomic E-state index is 13.3. The lowest BCUT2D eigenvalue weighted by Crippen LogP contribution is -2.37. The minimum absolute atomic E-state index is 0.299. The van der Waals surface area contributed by atoms with Crippen molar-refractivity contribution in [2.45, 2.75) is 0 Å². The number of fused-ring (bicyclic) bond motifs is 1. The van der Waals surface area contributed by atoms with Crippen LogP contribution in [-0.4, -0.2) is 21.4 Å². The summed E-state index contributed by atoms with van der Waals surface area (Å²) in [5.74, 6) is -1.23. The van der Waals surface area contributed by atoms with Crippen LogP contribution in [0.15, 0.2) is 83.8 Å². The summed E-state index contributed by atoms with van der Waals surface area (Å²) >= 11 is 0. The van der Waals surface area contributed by atoms with E-state index in [2.05, 4.69) is 5.32 Å². The maximum Gasteiger partial charge on any atom is 0.270 e. The molecule has 0 aliphatic carbocycles. The summed E-state index contributed by atoms with van der Waals surface area (Å²) in [5.41, 5.74) is 2.37. The first kappa shape index (κ1) is 18.9. The van der Waals surface area contributed by atoms with E-state index in [1.807, 2.05) is 6.07 Å². The van der Waals surface area contributed by atoms with Gasteiger partial charge in [-0.1, -0.05) is 48.5 Å². The highest BCUT2D eigenvalue weighted by Crippen LogP contribution is 2.42. The minimum Gasteiger partial charge on any atom is -0.321 e. The number of hydrogen-bond acceptors (Lipinski definition) is 3. The highest BCUT2D eigenvalue weighted by atomic mass is 32.2. The summed E-state index contributed by atoms with van der Waals surface area (Å²) in [6.07, 6.45) is 0. The van der Waals surface area contributed by atoms with Gasteiger partial charge in [-0.15, -0.1) is 0 Å². The van der Waals surface area contributed by atoms with Crippen molar-refractivity contribution in [1.82, 2.24) is 0 Å². The molecular weight excluding hydrogens is 391 g/mol. The third-order valence-corrected chi connectivity index (χ3v) is 6.55. The highest BCUT2D eigenvalue weighted by molar-refractivity contribution is 7.97. The molecule has 0 spiro atoms. The Labute approximate surface area is 168 Å². The molecule has 0 saturated carbocycles. The van der Waals surface area contributed by atoms with Crippen LogP contribution in [0.1, 0.15) is 11.1 Å². The van der Waals surface area contributed by atoms with E-state index in [1.54, 1.807) is 48.5 Å². The van der Waals surface area contributed by atoms with Gasteiger partial charge in [0.1, 0.15) is 5.82 Å². The minimum atomic E-state index is -4.11. The van der Waals surface area contributed by atoms with Crippen LogP contribution in [0.2, 0.25) is 0 Å². The Morgan fingerprint density at radius 1 is 0.897 bits per heavy atom. The van der Waals surface area contributed by atoms with Crippen molar-refractivity contribution in [3.63, 3.8) is 0 Å². The van der Waals surface area contributed by atoms with Gasteiger partial charge in [0.05, 0.1) is 5.69 Å². The first-order valence-electron chi connectivity index (χ1n) is 8.84. The van der Waals surface area contributed by atoms with Gasteiger partial charge in [-0.05, 0) is 35.9 Å². The lowest BCUT2D eigenvalue weighted by Gasteiger charge is -2.30. The highest BCUT2D eigenvalue weighted by Gasteiger charge is 2.39. The molecule has 5 nitrogen and oxygen atoms in total. The van der Waals surface area contributed by atoms with Crippen LogP contribution in [0.4, 0.5) is 15.8 Å². The molecule has 1 N–H and O–H groups in total. The number of nitrogens with zero attached hydrogens (tertiary/aromatic N) is 1. The average Bonchev–Trinajstić information content (AvgIpc) is 2.73. The monoisotopic (exact) mass is 408 g/mol. The molecule has 4 rings (SSSR count). The number of rotatable bonds is 3. The molecule has 1 aliphatic rings. The predicted octanol–water partition coefficient (Wildman–Crippen LogP) is 4.00. The van der Waals surface area contributed by atoms with E-state index in [0.717, 1.165) is 4.31 Å². The van der Waals surface area contributed by atoms with Gasteiger partial charge in [-0.2, -0.15) is 0 Å². The molecule has 29 heavy (non-hydrogen) atoms. The molecule has 7 heteroatoms. The van der Waals surface area contributed by atoms with Crippen molar-refractivity contribution in [1.29, 1.82) is 0 Å². The predicted molar refractivity (Wildman–Crippen MR) is 111 cm³/mol. The van der Waals surface area contributed by atoms with Crippen LogP contribution >= 0.6 is 0 Å². The number of amides is 1. The number of sulfonamides is 1. The molecule has 1 amide bonds. The number of halogens is 1. The van der Waals surface area contributed by atoms with Gasteiger partial charge in [0.15, 0.2) is 4.91 Å². The Hall–Kier alpha value is -3.45. The second-order valence-corrected chi connectivity index (χ2v) is 8.43. The fourth-order valence-electron chi connectivity index (χ4n) is 3.32. The fourth-order valence-corrected chi connectivity index (χ4v) is 4.78. The van der Waals surface area contributed by atoms with Gasteiger partial charge in [-0.25, -0.2) is 12.8 Å². The Morgan fingerprint density at radius 2 is 1.52 bits per heavy atom. The molecule has 0 atom stereocenters. The first-order valence-corrected chi connectivity index (χ1v) is 10.3. The zero-order valence-corrected chi connectivity index (χ0v) is 16.3. The second-order valence-electron chi connectivity index (χ2n) is 6.52. The van der Waals surface area contributed by atoms with Crippen LogP contribution in [0.3, 0.4) is 0 Å². The van der Waals surface area contributed by atoms with Gasteiger partial charge < -0.3 is 5.32 Å². The van der Waals surface area contributed by atoms with Crippen molar-refractivity contribution in [2.75, 3.05) is 16.7 Å². The van der Waals surface area contributed by atoms with E-state index >= 15 is 0 Å². The maximum absolute atomic E-state index is 13.3. The topological polar surface area (TPSA) is 66.5 Å². The normalized spacial score (nSPS) is 15.0. The number of carbonyl (C=O) groups excluding carboxylic acids is 1. The van der Waals surface area contributed by atoms with Crippen LogP contribution in [0.5, 0.6) is 0 Å². The third kappa shape index (κ3) is 3.30. The Kier molecular flexibility index (Phi) is 4.68. The quantitative estimate of drug-likeness (QED) is 0.712. The van der Waals surface area contributed by atoms with Crippen LogP contribution in [0, 0.1) is 5.82 Å². The molecule has 3 aromatic carbocycles. The third-order valence-electron chi connectivity index (χ3n) is 4.73. The largest absolute Gasteiger partial charge is 0.321 e. The number of anilines is 2. The molecular formula is C22H17FN2O3S. The van der Waals surface area contributed by atoms with Gasteiger partial charge in [0.25, 0.3) is 15.9 Å². The number of hydrogen-bond donors (Lipinski definition) is 1. The van der Waals surface area contributed by atoms with Crippen molar-refractivity contribution in [3.8, 4) is 0 Å². The van der Waals surface area contributed by atoms with Crippen molar-refractivity contribution < 1.29 is 17.6 Å². The number of benzene rings is 3. The summed E-state index contributed by atoms with van der Waals surface area (Å²) in [4.78, 5) is 12.8. The lowest BCUT2D eigenvalue weighted by molar-refractivity contribution is -0.112. The van der Waals surface area contributed by atoms with E-state index < -0.39 is 21.7 Å². The van der Waals surface area contributed by atoms with Crippen LogP contribution in [-0.2, 0) is 14.8 Å². The van der Waals surface area contributed by atoms with Gasteiger partial charge in [-0.3, -0.25) is 9.10 Å². The van der Waals surface area contributed by atoms with Gasteiger partial charge in [0, 0.05) is 23.9 Å². The molecule has 1 heterocycles. The second kappa shape index (κ2) is 7.18. The summed E-state index contributed by atoms with van der Waals surface area (Å²) in [6.45, 7) is 0. The molecule has 0 unspecified atom stereocenters. The summed E-state index contributed by atoms with van der Waals surface area (Å²) in [7, 11) is -2.70. The molecule has 0 saturated heterocycles. The van der Waals surface area contributed by atoms with Crippen LogP contribution < -0.4 is 9.62 Å². The molecule has 0 fully saturated rings. The van der Waals surface area contributed by atoms with Crippen molar-refractivity contribution >= 4 is 32.9 Å². The van der Waals surface area contributed by atoms with Crippen molar-refractivity contribution in [2.24, 2.45) is 0 Å². The molecule has 146 valence electrons. The zero-order chi connectivity index (χ0) is 20.6. The summed E-state index contributed by atoms with van der Waals surface area (Å²) in [5, 5.41) is 2.58. The molecule has 1 aliphatic heterocycles. The summed E-state index contributed by atoms with van der Waals surface area (Å²) < 4.78 is 40.9. The molecule has 3 aromatic rings. The molecule has 0 radical (unpaired) electrons. The number of carbonyl (C=O) groups is 1. The van der Waals surface area contributed by atoms with E-state index in [0.29, 0.717) is 28.1 Å². The Bertz CT molecular complexity index is 1220. The number of para-hydroxylation sites is 1. The molecule has 0 aromatic heterocycles. The zero-order valence-electron chi connectivity index (χ0n) is 15.5. The SMILES string of the molecule is CN1c2ccccc2C(c2ccccc2)=C(C(=O)Nc2ccc(F)cc2)S1(=O)=O. The van der Waals surface area contributed by atoms with E-state index in [-0.39, 0.29) is 4.91 Å². The fraction of sp³-hybridized carbons (Fsp3) is 0.0455. The van der Waals surface area contributed by atoms with Gasteiger partial charge in [0.2, 0.25) is 0 Å². The van der Waals surface area contributed by atoms with E-state index in [4.69, 9.17) is 0 Å².